The van der Waals surface area contributed by atoms with Crippen LogP contribution in [0.1, 0.15) is 42.4 Å². The van der Waals surface area contributed by atoms with Crippen molar-refractivity contribution in [3.8, 4) is 0 Å². The molecule has 2 aromatic rings. The van der Waals surface area contributed by atoms with Crippen LogP contribution in [0, 0.1) is 0 Å². The second kappa shape index (κ2) is 12.7. The molecule has 2 unspecified atom stereocenters. The van der Waals surface area contributed by atoms with Gasteiger partial charge in [0.15, 0.2) is 5.96 Å². The van der Waals surface area contributed by atoms with Crippen LogP contribution in [0.5, 0.6) is 0 Å². The number of hydrogen-bond donors (Lipinski definition) is 2. The fourth-order valence-electron chi connectivity index (χ4n) is 4.05. The molecule has 4 rings (SSSR count). The molecular weight excluding hydrogens is 511 g/mol. The van der Waals surface area contributed by atoms with Gasteiger partial charge in [0, 0.05) is 31.0 Å². The average Bonchev–Trinajstić information content (AvgIpc) is 3.55. The Hall–Kier alpha value is -1.10. The molecule has 6 nitrogen and oxygen atoms in total. The van der Waals surface area contributed by atoms with Gasteiger partial charge >= 0.3 is 0 Å². The van der Waals surface area contributed by atoms with E-state index in [-0.39, 0.29) is 24.0 Å². The summed E-state index contributed by atoms with van der Waals surface area (Å²) in [4.78, 5) is 8.96. The lowest BCUT2D eigenvalue weighted by Gasteiger charge is -2.25. The molecule has 166 valence electrons. The second-order valence-electron chi connectivity index (χ2n) is 7.74. The average molecular weight is 545 g/mol. The number of halogens is 1. The molecule has 30 heavy (non-hydrogen) atoms. The molecule has 0 saturated carbocycles. The van der Waals surface area contributed by atoms with Gasteiger partial charge in [-0.3, -0.25) is 9.89 Å². The van der Waals surface area contributed by atoms with Crippen LogP contribution in [0.3, 0.4) is 0 Å². The Bertz CT molecular complexity index is 726. The van der Waals surface area contributed by atoms with Gasteiger partial charge in [0.2, 0.25) is 0 Å². The third-order valence-corrected chi connectivity index (χ3v) is 6.61. The van der Waals surface area contributed by atoms with Crippen LogP contribution in [0.2, 0.25) is 0 Å². The van der Waals surface area contributed by atoms with E-state index in [0.29, 0.717) is 12.1 Å². The lowest BCUT2D eigenvalue weighted by molar-refractivity contribution is 0.113. The Labute approximate surface area is 200 Å². The minimum atomic E-state index is 0. The van der Waals surface area contributed by atoms with E-state index >= 15 is 0 Å². The van der Waals surface area contributed by atoms with Crippen molar-refractivity contribution in [3.63, 3.8) is 0 Å². The maximum absolute atomic E-state index is 5.77. The fraction of sp³-hybridized carbons (Fsp3) is 0.591. The van der Waals surface area contributed by atoms with E-state index in [4.69, 9.17) is 14.1 Å². The predicted octanol–water partition coefficient (Wildman–Crippen LogP) is 4.05. The first-order valence-corrected chi connectivity index (χ1v) is 11.7. The summed E-state index contributed by atoms with van der Waals surface area (Å²) in [5.41, 5.74) is 0. The monoisotopic (exact) mass is 544 g/mol. The van der Waals surface area contributed by atoms with Crippen LogP contribution in [-0.4, -0.2) is 56.3 Å². The molecule has 0 aliphatic carbocycles. The minimum absolute atomic E-state index is 0. The molecule has 2 N–H and O–H groups in total. The Kier molecular flexibility index (Phi) is 9.96. The van der Waals surface area contributed by atoms with E-state index in [1.165, 1.54) is 30.8 Å². The van der Waals surface area contributed by atoms with Crippen molar-refractivity contribution in [2.45, 2.75) is 44.2 Å². The first-order valence-electron chi connectivity index (χ1n) is 10.8. The topological polar surface area (TPSA) is 62.0 Å². The molecule has 8 heteroatoms. The van der Waals surface area contributed by atoms with Gasteiger partial charge in [-0.25, -0.2) is 0 Å². The molecule has 0 spiro atoms. The van der Waals surface area contributed by atoms with Crippen molar-refractivity contribution in [2.24, 2.45) is 4.99 Å². The number of thiophene rings is 1. The van der Waals surface area contributed by atoms with Crippen molar-refractivity contribution in [2.75, 3.05) is 39.3 Å². The van der Waals surface area contributed by atoms with Crippen LogP contribution in [-0.2, 0) is 11.2 Å². The zero-order valence-corrected chi connectivity index (χ0v) is 20.6. The zero-order chi connectivity index (χ0) is 19.7. The number of guanidine groups is 1. The summed E-state index contributed by atoms with van der Waals surface area (Å²) in [6, 6.07) is 8.70. The van der Waals surface area contributed by atoms with Gasteiger partial charge in [-0.05, 0) is 62.4 Å². The smallest absolute Gasteiger partial charge is 0.191 e. The quantitative estimate of drug-likeness (QED) is 0.284. The molecule has 2 aliphatic rings. The molecule has 2 fully saturated rings. The highest BCUT2D eigenvalue weighted by atomic mass is 127. The molecule has 2 aromatic heterocycles. The van der Waals surface area contributed by atoms with Crippen molar-refractivity contribution in [1.29, 1.82) is 0 Å². The lowest BCUT2D eigenvalue weighted by atomic mass is 10.2. The van der Waals surface area contributed by atoms with Crippen LogP contribution in [0.15, 0.2) is 45.3 Å². The summed E-state index contributed by atoms with van der Waals surface area (Å²) in [6.45, 7) is 5.58. The second-order valence-corrected chi connectivity index (χ2v) is 8.71. The highest BCUT2D eigenvalue weighted by Crippen LogP contribution is 2.28. The summed E-state index contributed by atoms with van der Waals surface area (Å²) < 4.78 is 11.2. The summed E-state index contributed by atoms with van der Waals surface area (Å²) >= 11 is 1.84. The van der Waals surface area contributed by atoms with Gasteiger partial charge in [-0.1, -0.05) is 6.07 Å². The number of hydrogen-bond acceptors (Lipinski definition) is 5. The van der Waals surface area contributed by atoms with Gasteiger partial charge in [-0.15, -0.1) is 35.3 Å². The first-order chi connectivity index (χ1) is 14.4. The number of ether oxygens (including phenoxy) is 1. The van der Waals surface area contributed by atoms with E-state index in [9.17, 15) is 0 Å². The Morgan fingerprint density at radius 3 is 2.80 bits per heavy atom. The molecule has 0 bridgehead atoms. The molecule has 2 saturated heterocycles. The molecule has 0 radical (unpaired) electrons. The molecule has 0 aromatic carbocycles. The third-order valence-electron chi connectivity index (χ3n) is 5.64. The van der Waals surface area contributed by atoms with Gasteiger partial charge in [0.1, 0.15) is 5.76 Å². The Balaban J connectivity index is 0.00000256. The van der Waals surface area contributed by atoms with Crippen LogP contribution in [0.4, 0.5) is 0 Å². The van der Waals surface area contributed by atoms with E-state index < -0.39 is 0 Å². The van der Waals surface area contributed by atoms with Crippen LogP contribution < -0.4 is 10.6 Å². The predicted molar refractivity (Wildman–Crippen MR) is 133 cm³/mol. The van der Waals surface area contributed by atoms with Gasteiger partial charge < -0.3 is 19.8 Å². The largest absolute Gasteiger partial charge is 0.469 e. The van der Waals surface area contributed by atoms with E-state index in [1.54, 1.807) is 6.26 Å². The van der Waals surface area contributed by atoms with Gasteiger partial charge in [0.05, 0.1) is 25.0 Å². The number of nitrogens with zero attached hydrogens (tertiary/aromatic N) is 2. The first kappa shape index (κ1) is 23.6. The highest BCUT2D eigenvalue weighted by molar-refractivity contribution is 14.0. The number of rotatable bonds is 9. The van der Waals surface area contributed by atoms with E-state index in [1.807, 2.05) is 23.5 Å². The van der Waals surface area contributed by atoms with Crippen molar-refractivity contribution in [3.05, 3.63) is 46.5 Å². The summed E-state index contributed by atoms with van der Waals surface area (Å²) in [5.74, 6) is 1.86. The highest BCUT2D eigenvalue weighted by Gasteiger charge is 2.24. The zero-order valence-electron chi connectivity index (χ0n) is 17.4. The molecule has 4 heterocycles. The maximum Gasteiger partial charge on any atom is 0.191 e. The number of aliphatic imine (C=N–C) groups is 1. The molecule has 2 atom stereocenters. The van der Waals surface area contributed by atoms with Crippen molar-refractivity contribution >= 4 is 41.3 Å². The molecular formula is C22H33IN4O2S. The molecule has 2 aliphatic heterocycles. The summed E-state index contributed by atoms with van der Waals surface area (Å²) in [6.07, 6.45) is 7.71. The van der Waals surface area contributed by atoms with Crippen LogP contribution in [0.25, 0.3) is 0 Å². The number of furan rings is 1. The van der Waals surface area contributed by atoms with Crippen molar-refractivity contribution < 1.29 is 9.15 Å². The Morgan fingerprint density at radius 1 is 1.20 bits per heavy atom. The fourth-order valence-corrected chi connectivity index (χ4v) is 4.90. The van der Waals surface area contributed by atoms with E-state index in [2.05, 4.69) is 33.0 Å². The SMILES string of the molecule is I.c1coc(CCNC(=NCC(c2cccs2)N2CCCC2)NCC2CCCO2)c1. The molecule has 0 amide bonds. The van der Waals surface area contributed by atoms with E-state index in [0.717, 1.165) is 57.2 Å². The lowest BCUT2D eigenvalue weighted by Crippen LogP contribution is -2.42. The van der Waals surface area contributed by atoms with Gasteiger partial charge in [0.25, 0.3) is 0 Å². The number of likely N-dealkylation sites (tertiary alicyclic amines) is 1. The normalized spacial score (nSPS) is 20.8. The Morgan fingerprint density at radius 2 is 2.10 bits per heavy atom. The number of nitrogens with one attached hydrogen (secondary N) is 2. The minimum Gasteiger partial charge on any atom is -0.469 e. The summed E-state index contributed by atoms with van der Waals surface area (Å²) in [7, 11) is 0. The third kappa shape index (κ3) is 6.96. The van der Waals surface area contributed by atoms with Crippen LogP contribution >= 0.6 is 35.3 Å². The maximum atomic E-state index is 5.77. The summed E-state index contributed by atoms with van der Waals surface area (Å²) in [5, 5.41) is 9.15. The van der Waals surface area contributed by atoms with Crippen molar-refractivity contribution in [1.82, 2.24) is 15.5 Å². The van der Waals surface area contributed by atoms with Gasteiger partial charge in [-0.2, -0.15) is 0 Å². The standard InChI is InChI=1S/C22H32N4O2S.HI/c1-2-12-26(11-1)20(21-8-5-15-29-21)17-25-22(24-16-19-7-4-14-28-19)23-10-9-18-6-3-13-27-18;/h3,5-6,8,13,15,19-20H,1-2,4,7,9-12,14,16-17H2,(H2,23,24,25);1H.